The van der Waals surface area contributed by atoms with Crippen LogP contribution in [0.15, 0.2) is 47.3 Å². The van der Waals surface area contributed by atoms with Crippen molar-refractivity contribution in [3.63, 3.8) is 0 Å². The zero-order valence-electron chi connectivity index (χ0n) is 13.3. The maximum atomic E-state index is 12.3. The molecule has 1 aliphatic heterocycles. The molecular weight excluding hydrogens is 374 g/mol. The van der Waals surface area contributed by atoms with Crippen molar-refractivity contribution in [1.82, 2.24) is 4.98 Å². The quantitative estimate of drug-likeness (QED) is 0.702. The summed E-state index contributed by atoms with van der Waals surface area (Å²) in [6.45, 7) is 0.199. The van der Waals surface area contributed by atoms with E-state index < -0.39 is 0 Å². The molecule has 0 bridgehead atoms. The molecule has 0 radical (unpaired) electrons. The van der Waals surface area contributed by atoms with Crippen molar-refractivity contribution in [3.05, 3.63) is 78.2 Å². The molecule has 7 heteroatoms. The van der Waals surface area contributed by atoms with E-state index in [0.717, 1.165) is 5.56 Å². The first-order chi connectivity index (χ1) is 12.6. The Morgan fingerprint density at radius 2 is 1.88 bits per heavy atom. The van der Waals surface area contributed by atoms with Gasteiger partial charge in [-0.2, -0.15) is 0 Å². The van der Waals surface area contributed by atoms with Gasteiger partial charge in [0.15, 0.2) is 17.3 Å². The summed E-state index contributed by atoms with van der Waals surface area (Å²) in [5, 5.41) is 0.562. The molecule has 1 N–H and O–H groups in total. The topological polar surface area (TPSA) is 68.4 Å². The second kappa shape index (κ2) is 6.82. The predicted molar refractivity (Wildman–Crippen MR) is 101 cm³/mol. The smallest absolute Gasteiger partial charge is 0.266 e. The number of rotatable bonds is 3. The van der Waals surface area contributed by atoms with Crippen molar-refractivity contribution in [2.24, 2.45) is 0 Å². The SMILES string of the molecule is O=C(/C=c1\[nH]c(=O)/c(=C\c2ccc3c(c2)OCO3)s1)c1ccc(Cl)cc1. The molecule has 0 aliphatic carbocycles. The highest BCUT2D eigenvalue weighted by Gasteiger charge is 2.12. The summed E-state index contributed by atoms with van der Waals surface area (Å²) < 4.78 is 11.6. The van der Waals surface area contributed by atoms with E-state index in [1.165, 1.54) is 17.4 Å². The second-order valence-electron chi connectivity index (χ2n) is 5.56. The number of ether oxygens (including phenoxy) is 2. The Morgan fingerprint density at radius 1 is 1.12 bits per heavy atom. The van der Waals surface area contributed by atoms with E-state index in [1.807, 2.05) is 12.1 Å². The maximum absolute atomic E-state index is 12.3. The number of aromatic amines is 1. The third kappa shape index (κ3) is 3.42. The number of carbonyl (C=O) groups excluding carboxylic acids is 1. The van der Waals surface area contributed by atoms with Crippen LogP contribution in [0.2, 0.25) is 5.02 Å². The number of aromatic nitrogens is 1. The summed E-state index contributed by atoms with van der Waals surface area (Å²) >= 11 is 7.04. The summed E-state index contributed by atoms with van der Waals surface area (Å²) in [6.07, 6.45) is 3.15. The monoisotopic (exact) mass is 385 g/mol. The number of Topliss-reactive ketones (excluding diaryl/α,β-unsaturated/α-hetero) is 1. The number of ketones is 1. The summed E-state index contributed by atoms with van der Waals surface area (Å²) in [7, 11) is 0. The van der Waals surface area contributed by atoms with Crippen molar-refractivity contribution < 1.29 is 14.3 Å². The molecule has 2 aromatic carbocycles. The summed E-state index contributed by atoms with van der Waals surface area (Å²) in [6, 6.07) is 12.0. The molecular formula is C19H12ClNO4S. The van der Waals surface area contributed by atoms with Crippen molar-refractivity contribution in [2.75, 3.05) is 6.79 Å². The number of fused-ring (bicyclic) bond motifs is 1. The second-order valence-corrected chi connectivity index (χ2v) is 7.08. The Balaban J connectivity index is 1.68. The minimum Gasteiger partial charge on any atom is -0.454 e. The van der Waals surface area contributed by atoms with Gasteiger partial charge in [0.05, 0.1) is 9.20 Å². The van der Waals surface area contributed by atoms with Crippen molar-refractivity contribution in [3.8, 4) is 11.5 Å². The lowest BCUT2D eigenvalue weighted by molar-refractivity contribution is 0.106. The van der Waals surface area contributed by atoms with Crippen molar-refractivity contribution >= 4 is 40.9 Å². The van der Waals surface area contributed by atoms with E-state index in [1.54, 1.807) is 36.4 Å². The summed E-state index contributed by atoms with van der Waals surface area (Å²) in [5.74, 6) is 1.13. The van der Waals surface area contributed by atoms with Crippen LogP contribution in [-0.4, -0.2) is 17.6 Å². The number of thiazole rings is 1. The molecule has 0 atom stereocenters. The largest absolute Gasteiger partial charge is 0.454 e. The van der Waals surface area contributed by atoms with Crippen LogP contribution in [0.25, 0.3) is 12.2 Å². The minimum atomic E-state index is -0.247. The van der Waals surface area contributed by atoms with E-state index in [2.05, 4.69) is 4.98 Å². The first kappa shape index (κ1) is 16.6. The molecule has 4 rings (SSSR count). The average molecular weight is 386 g/mol. The number of benzene rings is 2. The molecule has 1 aromatic heterocycles. The maximum Gasteiger partial charge on any atom is 0.266 e. The average Bonchev–Trinajstić information content (AvgIpc) is 3.22. The molecule has 0 fully saturated rings. The zero-order chi connectivity index (χ0) is 18.1. The Labute approximate surface area is 156 Å². The highest BCUT2D eigenvalue weighted by Crippen LogP contribution is 2.32. The van der Waals surface area contributed by atoms with Gasteiger partial charge in [0.1, 0.15) is 0 Å². The number of H-pyrrole nitrogens is 1. The van der Waals surface area contributed by atoms with Gasteiger partial charge < -0.3 is 14.5 Å². The van der Waals surface area contributed by atoms with E-state index in [-0.39, 0.29) is 18.1 Å². The normalized spacial score (nSPS) is 14.0. The zero-order valence-corrected chi connectivity index (χ0v) is 14.9. The highest BCUT2D eigenvalue weighted by atomic mass is 35.5. The number of nitrogens with one attached hydrogen (secondary N) is 1. The highest BCUT2D eigenvalue weighted by molar-refractivity contribution is 7.07. The van der Waals surface area contributed by atoms with E-state index in [0.29, 0.717) is 31.3 Å². The molecule has 26 heavy (non-hydrogen) atoms. The van der Waals surface area contributed by atoms with Crippen LogP contribution < -0.4 is 24.2 Å². The fourth-order valence-electron chi connectivity index (χ4n) is 2.50. The molecule has 0 saturated carbocycles. The molecule has 0 unspecified atom stereocenters. The standard InChI is InChI=1S/C19H12ClNO4S/c20-13-4-2-12(3-5-13)14(22)9-18-21-19(23)17(26-18)8-11-1-6-15-16(7-11)25-10-24-15/h1-9H,10H2,(H,21,23)/b17-8+,18-9+. The number of halogens is 1. The number of hydrogen-bond acceptors (Lipinski definition) is 5. The van der Waals surface area contributed by atoms with Crippen LogP contribution in [0.1, 0.15) is 15.9 Å². The Morgan fingerprint density at radius 3 is 2.69 bits per heavy atom. The Kier molecular flexibility index (Phi) is 4.36. The van der Waals surface area contributed by atoms with Crippen LogP contribution in [0.4, 0.5) is 0 Å². The van der Waals surface area contributed by atoms with Gasteiger partial charge in [-0.15, -0.1) is 11.3 Å². The van der Waals surface area contributed by atoms with E-state index >= 15 is 0 Å². The Bertz CT molecular complexity index is 1160. The fraction of sp³-hybridized carbons (Fsp3) is 0.0526. The molecule has 1 aliphatic rings. The van der Waals surface area contributed by atoms with E-state index in [4.69, 9.17) is 21.1 Å². The third-order valence-electron chi connectivity index (χ3n) is 3.77. The van der Waals surface area contributed by atoms with Crippen molar-refractivity contribution in [2.45, 2.75) is 0 Å². The summed E-state index contributed by atoms with van der Waals surface area (Å²) in [4.78, 5) is 27.1. The van der Waals surface area contributed by atoms with Gasteiger partial charge in [-0.3, -0.25) is 9.59 Å². The van der Waals surface area contributed by atoms with Gasteiger partial charge >= 0.3 is 0 Å². The number of carbonyl (C=O) groups is 1. The molecule has 5 nitrogen and oxygen atoms in total. The van der Waals surface area contributed by atoms with Crippen LogP contribution in [0.5, 0.6) is 11.5 Å². The molecule has 3 aromatic rings. The van der Waals surface area contributed by atoms with Gasteiger partial charge in [-0.05, 0) is 48.0 Å². The molecule has 0 amide bonds. The predicted octanol–water partition coefficient (Wildman–Crippen LogP) is 2.31. The van der Waals surface area contributed by atoms with Gasteiger partial charge in [0.2, 0.25) is 6.79 Å². The fourth-order valence-corrected chi connectivity index (χ4v) is 3.51. The molecule has 0 spiro atoms. The lowest BCUT2D eigenvalue weighted by Crippen LogP contribution is -2.20. The molecule has 0 saturated heterocycles. The third-order valence-corrected chi connectivity index (χ3v) is 4.98. The van der Waals surface area contributed by atoms with Gasteiger partial charge in [-0.25, -0.2) is 0 Å². The molecule has 130 valence electrons. The van der Waals surface area contributed by atoms with Gasteiger partial charge in [0.25, 0.3) is 5.56 Å². The van der Waals surface area contributed by atoms with Crippen LogP contribution >= 0.6 is 22.9 Å². The van der Waals surface area contributed by atoms with Crippen LogP contribution in [0.3, 0.4) is 0 Å². The van der Waals surface area contributed by atoms with Gasteiger partial charge in [-0.1, -0.05) is 17.7 Å². The van der Waals surface area contributed by atoms with Crippen LogP contribution in [0, 0.1) is 0 Å². The minimum absolute atomic E-state index is 0.199. The summed E-state index contributed by atoms with van der Waals surface area (Å²) in [5.41, 5.74) is 1.07. The molecule has 2 heterocycles. The van der Waals surface area contributed by atoms with E-state index in [9.17, 15) is 9.59 Å². The lowest BCUT2D eigenvalue weighted by atomic mass is 10.1. The van der Waals surface area contributed by atoms with Crippen molar-refractivity contribution in [1.29, 1.82) is 0 Å². The van der Waals surface area contributed by atoms with Crippen LogP contribution in [-0.2, 0) is 0 Å². The first-order valence-electron chi connectivity index (χ1n) is 7.71. The number of hydrogen-bond donors (Lipinski definition) is 1. The van der Waals surface area contributed by atoms with Gasteiger partial charge in [0, 0.05) is 16.7 Å². The first-order valence-corrected chi connectivity index (χ1v) is 8.90. The Hall–Kier alpha value is -2.83. The lowest BCUT2D eigenvalue weighted by Gasteiger charge is -1.96.